The zero-order valence-corrected chi connectivity index (χ0v) is 12.6. The Morgan fingerprint density at radius 2 is 2.10 bits per heavy atom. The van der Waals surface area contributed by atoms with E-state index >= 15 is 0 Å². The highest BCUT2D eigenvalue weighted by molar-refractivity contribution is 8.00. The first-order valence-corrected chi connectivity index (χ1v) is 7.76. The molecule has 1 amide bonds. The zero-order valence-electron chi connectivity index (χ0n) is 11.8. The molecule has 20 heavy (non-hydrogen) atoms. The van der Waals surface area contributed by atoms with E-state index in [4.69, 9.17) is 5.11 Å². The monoisotopic (exact) mass is 293 g/mol. The van der Waals surface area contributed by atoms with Crippen LogP contribution >= 0.6 is 11.8 Å². The smallest absolute Gasteiger partial charge is 0.335 e. The van der Waals surface area contributed by atoms with Crippen LogP contribution in [0.5, 0.6) is 0 Å². The Morgan fingerprint density at radius 1 is 1.35 bits per heavy atom. The summed E-state index contributed by atoms with van der Waals surface area (Å²) in [6.45, 7) is 5.38. The Balaban J connectivity index is 2.07. The molecule has 5 heteroatoms. The maximum atomic E-state index is 12.1. The third kappa shape index (κ3) is 3.54. The quantitative estimate of drug-likeness (QED) is 0.926. The van der Waals surface area contributed by atoms with Crippen molar-refractivity contribution in [2.45, 2.75) is 32.1 Å². The van der Waals surface area contributed by atoms with E-state index in [-0.39, 0.29) is 11.5 Å². The molecule has 0 saturated carbocycles. The van der Waals surface area contributed by atoms with Crippen LogP contribution in [0.1, 0.15) is 35.3 Å². The number of hydrogen-bond acceptors (Lipinski definition) is 3. The Morgan fingerprint density at radius 3 is 2.75 bits per heavy atom. The predicted octanol–water partition coefficient (Wildman–Crippen LogP) is 2.41. The molecule has 1 heterocycles. The number of carboxylic acid groups (broad SMARTS) is 1. The van der Waals surface area contributed by atoms with Crippen molar-refractivity contribution in [3.8, 4) is 0 Å². The number of carbonyl (C=O) groups excluding carboxylic acids is 1. The normalized spacial score (nSPS) is 14.2. The van der Waals surface area contributed by atoms with Gasteiger partial charge in [-0.05, 0) is 34.9 Å². The molecule has 1 aromatic carbocycles. The molecule has 0 bridgehead atoms. The number of aromatic carboxylic acids is 1. The Hall–Kier alpha value is -1.49. The van der Waals surface area contributed by atoms with Gasteiger partial charge in [0, 0.05) is 13.1 Å². The molecule has 0 atom stereocenters. The molecule has 0 aromatic heterocycles. The lowest BCUT2D eigenvalue weighted by Gasteiger charge is -2.29. The second-order valence-electron chi connectivity index (χ2n) is 5.21. The number of amides is 1. The summed E-state index contributed by atoms with van der Waals surface area (Å²) in [7, 11) is 0. The van der Waals surface area contributed by atoms with Gasteiger partial charge in [0.15, 0.2) is 0 Å². The van der Waals surface area contributed by atoms with E-state index in [9.17, 15) is 9.59 Å². The van der Waals surface area contributed by atoms with Crippen LogP contribution in [0.3, 0.4) is 0 Å². The molecule has 0 radical (unpaired) electrons. The van der Waals surface area contributed by atoms with E-state index in [1.165, 1.54) is 0 Å². The van der Waals surface area contributed by atoms with Gasteiger partial charge in [0.05, 0.1) is 11.3 Å². The number of carboxylic acids is 1. The Bertz CT molecular complexity index is 528. The highest BCUT2D eigenvalue weighted by atomic mass is 32.2. The lowest BCUT2D eigenvalue weighted by molar-refractivity contribution is -0.129. The largest absolute Gasteiger partial charge is 0.478 e. The van der Waals surface area contributed by atoms with Gasteiger partial charge in [0.1, 0.15) is 0 Å². The summed E-state index contributed by atoms with van der Waals surface area (Å²) in [4.78, 5) is 24.9. The Labute approximate surface area is 123 Å². The van der Waals surface area contributed by atoms with Crippen molar-refractivity contribution in [2.75, 3.05) is 12.3 Å². The summed E-state index contributed by atoms with van der Waals surface area (Å²) in [5.41, 5.74) is 2.39. The van der Waals surface area contributed by atoms with Gasteiger partial charge >= 0.3 is 5.97 Å². The fraction of sp³-hybridized carbons (Fsp3) is 0.467. The molecule has 1 N–H and O–H groups in total. The number of fused-ring (bicyclic) bond motifs is 1. The summed E-state index contributed by atoms with van der Waals surface area (Å²) in [5.74, 6) is -0.298. The number of hydrogen-bond donors (Lipinski definition) is 1. The lowest BCUT2D eigenvalue weighted by atomic mass is 9.97. The molecule has 0 aliphatic carbocycles. The van der Waals surface area contributed by atoms with Gasteiger partial charge in [-0.2, -0.15) is 0 Å². The highest BCUT2D eigenvalue weighted by Gasteiger charge is 2.21. The standard InChI is InChI=1S/C15H19NO3S/c1-10(2)20-9-14(17)16-6-5-11-3-4-12(15(18)19)7-13(11)8-16/h3-4,7,10H,5-6,8-9H2,1-2H3,(H,18,19). The first-order valence-electron chi connectivity index (χ1n) is 6.72. The van der Waals surface area contributed by atoms with E-state index in [2.05, 4.69) is 13.8 Å². The molecule has 0 unspecified atom stereocenters. The van der Waals surface area contributed by atoms with Crippen molar-refractivity contribution < 1.29 is 14.7 Å². The zero-order chi connectivity index (χ0) is 14.7. The molecular formula is C15H19NO3S. The maximum absolute atomic E-state index is 12.1. The topological polar surface area (TPSA) is 57.6 Å². The van der Waals surface area contributed by atoms with Gasteiger partial charge in [-0.1, -0.05) is 19.9 Å². The van der Waals surface area contributed by atoms with Gasteiger partial charge in [0.2, 0.25) is 5.91 Å². The molecule has 0 spiro atoms. The minimum atomic E-state index is -0.924. The first kappa shape index (κ1) is 14.9. The average Bonchev–Trinajstić information content (AvgIpc) is 2.43. The number of rotatable bonds is 4. The fourth-order valence-corrected chi connectivity index (χ4v) is 2.89. The molecule has 1 aromatic rings. The van der Waals surface area contributed by atoms with Gasteiger partial charge in [-0.25, -0.2) is 4.79 Å². The molecule has 0 saturated heterocycles. The SMILES string of the molecule is CC(C)SCC(=O)N1CCc2ccc(C(=O)O)cc2C1. The highest BCUT2D eigenvalue weighted by Crippen LogP contribution is 2.21. The summed E-state index contributed by atoms with van der Waals surface area (Å²) in [5, 5.41) is 9.46. The van der Waals surface area contributed by atoms with Crippen molar-refractivity contribution in [1.29, 1.82) is 0 Å². The van der Waals surface area contributed by atoms with E-state index in [0.717, 1.165) is 24.1 Å². The van der Waals surface area contributed by atoms with E-state index in [1.807, 2.05) is 11.0 Å². The van der Waals surface area contributed by atoms with E-state index in [1.54, 1.807) is 23.9 Å². The van der Waals surface area contributed by atoms with Crippen molar-refractivity contribution in [3.63, 3.8) is 0 Å². The molecule has 108 valence electrons. The minimum absolute atomic E-state index is 0.134. The minimum Gasteiger partial charge on any atom is -0.478 e. The van der Waals surface area contributed by atoms with Crippen LogP contribution in [0.25, 0.3) is 0 Å². The van der Waals surface area contributed by atoms with Crippen molar-refractivity contribution in [2.24, 2.45) is 0 Å². The lowest BCUT2D eigenvalue weighted by Crippen LogP contribution is -2.37. The van der Waals surface area contributed by atoms with Crippen molar-refractivity contribution in [1.82, 2.24) is 4.90 Å². The fourth-order valence-electron chi connectivity index (χ4n) is 2.23. The van der Waals surface area contributed by atoms with E-state index in [0.29, 0.717) is 17.5 Å². The van der Waals surface area contributed by atoms with Gasteiger partial charge in [-0.15, -0.1) is 11.8 Å². The molecular weight excluding hydrogens is 274 g/mol. The average molecular weight is 293 g/mol. The number of benzene rings is 1. The second-order valence-corrected chi connectivity index (χ2v) is 6.78. The third-order valence-electron chi connectivity index (χ3n) is 3.36. The summed E-state index contributed by atoms with van der Waals surface area (Å²) in [6.07, 6.45) is 0.799. The molecule has 0 fully saturated rings. The number of thioether (sulfide) groups is 1. The van der Waals surface area contributed by atoms with Crippen LogP contribution in [0.2, 0.25) is 0 Å². The summed E-state index contributed by atoms with van der Waals surface area (Å²) >= 11 is 1.64. The van der Waals surface area contributed by atoms with Crippen LogP contribution < -0.4 is 0 Å². The number of carbonyl (C=O) groups is 2. The molecule has 1 aliphatic heterocycles. The molecule has 4 nitrogen and oxygen atoms in total. The van der Waals surface area contributed by atoms with Crippen LogP contribution in [-0.2, 0) is 17.8 Å². The first-order chi connectivity index (χ1) is 9.47. The molecule has 1 aliphatic rings. The van der Waals surface area contributed by atoms with Crippen LogP contribution in [0.4, 0.5) is 0 Å². The second kappa shape index (κ2) is 6.31. The van der Waals surface area contributed by atoms with Gasteiger partial charge in [-0.3, -0.25) is 4.79 Å². The summed E-state index contributed by atoms with van der Waals surface area (Å²) in [6, 6.07) is 5.18. The van der Waals surface area contributed by atoms with Crippen LogP contribution in [-0.4, -0.2) is 39.4 Å². The predicted molar refractivity (Wildman–Crippen MR) is 80.1 cm³/mol. The Kier molecular flexibility index (Phi) is 4.70. The van der Waals surface area contributed by atoms with Crippen molar-refractivity contribution >= 4 is 23.6 Å². The summed E-state index contributed by atoms with van der Waals surface area (Å²) < 4.78 is 0. The van der Waals surface area contributed by atoms with Gasteiger partial charge < -0.3 is 10.0 Å². The van der Waals surface area contributed by atoms with E-state index < -0.39 is 5.97 Å². The van der Waals surface area contributed by atoms with Gasteiger partial charge in [0.25, 0.3) is 0 Å². The van der Waals surface area contributed by atoms with Crippen molar-refractivity contribution in [3.05, 3.63) is 34.9 Å². The van der Waals surface area contributed by atoms with Crippen LogP contribution in [0.15, 0.2) is 18.2 Å². The third-order valence-corrected chi connectivity index (χ3v) is 4.44. The van der Waals surface area contributed by atoms with Crippen LogP contribution in [0, 0.1) is 0 Å². The maximum Gasteiger partial charge on any atom is 0.335 e. The molecule has 2 rings (SSSR count). The number of nitrogens with zero attached hydrogens (tertiary/aromatic N) is 1.